The van der Waals surface area contributed by atoms with E-state index in [-0.39, 0.29) is 6.10 Å². The molecule has 1 aliphatic rings. The number of ether oxygens (including phenoxy) is 2. The number of nitrogens with zero attached hydrogens (tertiary/aromatic N) is 1. The van der Waals surface area contributed by atoms with Crippen LogP contribution in [-0.4, -0.2) is 42.1 Å². The third-order valence-electron chi connectivity index (χ3n) is 3.09. The van der Waals surface area contributed by atoms with Gasteiger partial charge < -0.3 is 14.8 Å². The monoisotopic (exact) mass is 253 g/mol. The van der Waals surface area contributed by atoms with Crippen molar-refractivity contribution in [2.24, 2.45) is 0 Å². The Morgan fingerprint density at radius 2 is 2.33 bits per heavy atom. The molecule has 102 valence electrons. The fraction of sp³-hybridized carbons (Fsp3) is 0.769. The molecule has 5 nitrogen and oxygen atoms in total. The quantitative estimate of drug-likeness (QED) is 0.725. The second kappa shape index (κ2) is 6.75. The fourth-order valence-corrected chi connectivity index (χ4v) is 2.14. The van der Waals surface area contributed by atoms with Crippen LogP contribution in [0.15, 0.2) is 6.07 Å². The molecule has 1 aromatic heterocycles. The Labute approximate surface area is 108 Å². The molecule has 1 fully saturated rings. The molecule has 0 saturated carbocycles. The molecule has 1 aromatic rings. The molecule has 2 heterocycles. The zero-order valence-electron chi connectivity index (χ0n) is 11.2. The van der Waals surface area contributed by atoms with Gasteiger partial charge in [0.15, 0.2) is 0 Å². The minimum absolute atomic E-state index is 0.204. The van der Waals surface area contributed by atoms with E-state index in [2.05, 4.69) is 22.4 Å². The summed E-state index contributed by atoms with van der Waals surface area (Å²) in [4.78, 5) is 0. The number of H-pyrrole nitrogens is 1. The van der Waals surface area contributed by atoms with E-state index in [1.807, 2.05) is 13.0 Å². The summed E-state index contributed by atoms with van der Waals surface area (Å²) >= 11 is 0. The number of nitrogens with one attached hydrogen (secondary N) is 2. The van der Waals surface area contributed by atoms with Crippen LogP contribution in [0.2, 0.25) is 0 Å². The largest absolute Gasteiger partial charge is 0.474 e. The molecular weight excluding hydrogens is 230 g/mol. The average Bonchev–Trinajstić information content (AvgIpc) is 2.96. The van der Waals surface area contributed by atoms with Crippen LogP contribution in [0.4, 0.5) is 0 Å². The maximum atomic E-state index is 5.91. The molecule has 0 aliphatic carbocycles. The molecule has 0 radical (unpaired) electrons. The first kappa shape index (κ1) is 13.4. The van der Waals surface area contributed by atoms with Crippen LogP contribution in [0.3, 0.4) is 0 Å². The Bertz CT molecular complexity index is 354. The number of aromatic nitrogens is 2. The predicted octanol–water partition coefficient (Wildman–Crippen LogP) is 1.64. The number of aryl methyl sites for hydroxylation is 1. The lowest BCUT2D eigenvalue weighted by molar-refractivity contribution is 0.0177. The molecule has 2 atom stereocenters. The molecule has 0 amide bonds. The van der Waals surface area contributed by atoms with E-state index in [9.17, 15) is 0 Å². The zero-order valence-corrected chi connectivity index (χ0v) is 11.2. The van der Waals surface area contributed by atoms with Crippen molar-refractivity contribution in [3.05, 3.63) is 11.8 Å². The highest BCUT2D eigenvalue weighted by atomic mass is 16.5. The van der Waals surface area contributed by atoms with Gasteiger partial charge in [-0.2, -0.15) is 0 Å². The van der Waals surface area contributed by atoms with E-state index in [1.165, 1.54) is 0 Å². The van der Waals surface area contributed by atoms with Crippen molar-refractivity contribution < 1.29 is 9.47 Å². The van der Waals surface area contributed by atoms with Crippen molar-refractivity contribution in [2.75, 3.05) is 19.7 Å². The summed E-state index contributed by atoms with van der Waals surface area (Å²) in [5, 5.41) is 10.3. The maximum Gasteiger partial charge on any atom is 0.232 e. The number of aromatic amines is 1. The van der Waals surface area contributed by atoms with Crippen molar-refractivity contribution in [1.82, 2.24) is 15.5 Å². The van der Waals surface area contributed by atoms with Gasteiger partial charge >= 0.3 is 0 Å². The lowest BCUT2D eigenvalue weighted by Crippen LogP contribution is -2.28. The molecule has 18 heavy (non-hydrogen) atoms. The van der Waals surface area contributed by atoms with Crippen molar-refractivity contribution in [2.45, 2.75) is 45.3 Å². The van der Waals surface area contributed by atoms with Crippen LogP contribution in [0.1, 0.15) is 31.9 Å². The van der Waals surface area contributed by atoms with Gasteiger partial charge in [-0.3, -0.25) is 5.10 Å². The average molecular weight is 253 g/mol. The fourth-order valence-electron chi connectivity index (χ4n) is 2.14. The normalized spacial score (nSPS) is 23.4. The summed E-state index contributed by atoms with van der Waals surface area (Å²) in [6.07, 6.45) is 3.89. The van der Waals surface area contributed by atoms with Gasteiger partial charge in [0.25, 0.3) is 0 Å². The van der Waals surface area contributed by atoms with Gasteiger partial charge in [0.05, 0.1) is 12.2 Å². The van der Waals surface area contributed by atoms with Gasteiger partial charge in [0.1, 0.15) is 6.61 Å². The van der Waals surface area contributed by atoms with Crippen LogP contribution in [0.25, 0.3) is 0 Å². The van der Waals surface area contributed by atoms with Gasteiger partial charge in [-0.25, -0.2) is 0 Å². The smallest absolute Gasteiger partial charge is 0.232 e. The summed E-state index contributed by atoms with van der Waals surface area (Å²) in [7, 11) is 0. The van der Waals surface area contributed by atoms with Crippen molar-refractivity contribution in [1.29, 1.82) is 0 Å². The van der Waals surface area contributed by atoms with Crippen molar-refractivity contribution in [3.8, 4) is 5.88 Å². The van der Waals surface area contributed by atoms with Gasteiger partial charge in [-0.1, -0.05) is 6.92 Å². The molecule has 1 saturated heterocycles. The topological polar surface area (TPSA) is 59.2 Å². The maximum absolute atomic E-state index is 5.91. The molecule has 5 heteroatoms. The summed E-state index contributed by atoms with van der Waals surface area (Å²) in [6.45, 7) is 6.74. The standard InChI is InChI=1S/C13H23N3O2/c1-3-6-14-8-11-4-5-12(18-11)9-17-13-7-10(2)15-16-13/h7,11-12,14H,3-6,8-9H2,1-2H3,(H,15,16). The molecule has 2 unspecified atom stereocenters. The lowest BCUT2D eigenvalue weighted by Gasteiger charge is -2.14. The summed E-state index contributed by atoms with van der Waals surface area (Å²) in [5.74, 6) is 0.656. The molecule has 2 rings (SSSR count). The Hall–Kier alpha value is -1.07. The highest BCUT2D eigenvalue weighted by Crippen LogP contribution is 2.20. The molecule has 1 aliphatic heterocycles. The second-order valence-corrected chi connectivity index (χ2v) is 4.86. The molecule has 2 N–H and O–H groups in total. The molecular formula is C13H23N3O2. The van der Waals surface area contributed by atoms with E-state index in [0.717, 1.165) is 38.0 Å². The van der Waals surface area contributed by atoms with Crippen LogP contribution in [-0.2, 0) is 4.74 Å². The first-order valence-corrected chi connectivity index (χ1v) is 6.79. The summed E-state index contributed by atoms with van der Waals surface area (Å²) in [6, 6.07) is 1.90. The van der Waals surface area contributed by atoms with E-state index < -0.39 is 0 Å². The number of hydrogen-bond acceptors (Lipinski definition) is 4. The first-order valence-electron chi connectivity index (χ1n) is 6.79. The third-order valence-corrected chi connectivity index (χ3v) is 3.09. The van der Waals surface area contributed by atoms with Crippen LogP contribution in [0.5, 0.6) is 5.88 Å². The lowest BCUT2D eigenvalue weighted by atomic mass is 10.2. The van der Waals surface area contributed by atoms with Crippen LogP contribution < -0.4 is 10.1 Å². The van der Waals surface area contributed by atoms with Gasteiger partial charge in [-0.05, 0) is 32.7 Å². The van der Waals surface area contributed by atoms with Crippen molar-refractivity contribution >= 4 is 0 Å². The Morgan fingerprint density at radius 1 is 1.50 bits per heavy atom. The van der Waals surface area contributed by atoms with E-state index in [4.69, 9.17) is 9.47 Å². The zero-order chi connectivity index (χ0) is 12.8. The van der Waals surface area contributed by atoms with Crippen molar-refractivity contribution in [3.63, 3.8) is 0 Å². The van der Waals surface area contributed by atoms with Gasteiger partial charge in [0.2, 0.25) is 5.88 Å². The highest BCUT2D eigenvalue weighted by molar-refractivity contribution is 5.12. The Kier molecular flexibility index (Phi) is 5.01. The number of rotatable bonds is 7. The summed E-state index contributed by atoms with van der Waals surface area (Å²) in [5.41, 5.74) is 1.01. The Morgan fingerprint density at radius 3 is 3.06 bits per heavy atom. The minimum Gasteiger partial charge on any atom is -0.474 e. The second-order valence-electron chi connectivity index (χ2n) is 4.86. The van der Waals surface area contributed by atoms with Gasteiger partial charge in [-0.15, -0.1) is 5.10 Å². The van der Waals surface area contributed by atoms with Gasteiger partial charge in [0, 0.05) is 18.3 Å². The van der Waals surface area contributed by atoms with Crippen LogP contribution in [0, 0.1) is 6.92 Å². The Balaban J connectivity index is 1.63. The molecule has 0 spiro atoms. The molecule has 0 aromatic carbocycles. The van der Waals surface area contributed by atoms with E-state index in [1.54, 1.807) is 0 Å². The van der Waals surface area contributed by atoms with E-state index in [0.29, 0.717) is 18.6 Å². The SMILES string of the molecule is CCCNCC1CCC(COc2cc(C)[nH]n2)O1. The summed E-state index contributed by atoms with van der Waals surface area (Å²) < 4.78 is 11.5. The minimum atomic E-state index is 0.204. The molecule has 0 bridgehead atoms. The highest BCUT2D eigenvalue weighted by Gasteiger charge is 2.25. The number of hydrogen-bond donors (Lipinski definition) is 2. The van der Waals surface area contributed by atoms with E-state index >= 15 is 0 Å². The third kappa shape index (κ3) is 3.99. The predicted molar refractivity (Wildman–Crippen MR) is 69.9 cm³/mol. The first-order chi connectivity index (χ1) is 8.78. The van der Waals surface area contributed by atoms with Crippen LogP contribution >= 0.6 is 0 Å².